The van der Waals surface area contributed by atoms with Crippen molar-refractivity contribution >= 4 is 33.0 Å². The highest BCUT2D eigenvalue weighted by Gasteiger charge is 2.02. The first-order valence-corrected chi connectivity index (χ1v) is 5.41. The third-order valence-electron chi connectivity index (χ3n) is 1.44. The van der Waals surface area contributed by atoms with Gasteiger partial charge in [-0.25, -0.2) is 0 Å². The van der Waals surface area contributed by atoms with Crippen molar-refractivity contribution in [3.8, 4) is 10.9 Å². The summed E-state index contributed by atoms with van der Waals surface area (Å²) in [7, 11) is 0. The molecule has 1 aromatic carbocycles. The lowest BCUT2D eigenvalue weighted by Crippen LogP contribution is -1.88. The lowest BCUT2D eigenvalue weighted by Gasteiger charge is -2.02. The van der Waals surface area contributed by atoms with Crippen molar-refractivity contribution in [2.24, 2.45) is 0 Å². The molecule has 72 valence electrons. The van der Waals surface area contributed by atoms with Crippen molar-refractivity contribution in [1.82, 2.24) is 10.2 Å². The van der Waals surface area contributed by atoms with Gasteiger partial charge in [-0.05, 0) is 12.1 Å². The first-order chi connectivity index (χ1) is 6.74. The summed E-state index contributed by atoms with van der Waals surface area (Å²) in [6.45, 7) is 0. The fourth-order valence-corrected chi connectivity index (χ4v) is 1.86. The van der Waals surface area contributed by atoms with Crippen LogP contribution in [0.4, 0.5) is 5.69 Å². The maximum atomic E-state index is 5.65. The van der Waals surface area contributed by atoms with Gasteiger partial charge in [-0.15, -0.1) is 5.10 Å². The predicted octanol–water partition coefficient (Wildman–Crippen LogP) is 2.68. The monoisotopic (exact) mass is 271 g/mol. The highest BCUT2D eigenvalue weighted by atomic mass is 79.9. The van der Waals surface area contributed by atoms with Crippen LogP contribution in [-0.2, 0) is 0 Å². The van der Waals surface area contributed by atoms with Gasteiger partial charge in [-0.3, -0.25) is 0 Å². The third-order valence-corrected chi connectivity index (χ3v) is 2.46. The quantitative estimate of drug-likeness (QED) is 0.854. The van der Waals surface area contributed by atoms with Crippen molar-refractivity contribution in [1.29, 1.82) is 0 Å². The van der Waals surface area contributed by atoms with Gasteiger partial charge in [-0.1, -0.05) is 32.4 Å². The normalized spacial score (nSPS) is 10.1. The van der Waals surface area contributed by atoms with Gasteiger partial charge in [0.25, 0.3) is 5.19 Å². The van der Waals surface area contributed by atoms with Crippen molar-refractivity contribution in [3.63, 3.8) is 0 Å². The van der Waals surface area contributed by atoms with E-state index < -0.39 is 0 Å². The predicted molar refractivity (Wildman–Crippen MR) is 58.5 cm³/mol. The van der Waals surface area contributed by atoms with Crippen LogP contribution in [-0.4, -0.2) is 10.2 Å². The summed E-state index contributed by atoms with van der Waals surface area (Å²) in [6, 6.07) is 5.34. The zero-order valence-corrected chi connectivity index (χ0v) is 9.38. The van der Waals surface area contributed by atoms with Crippen LogP contribution in [0.15, 0.2) is 28.2 Å². The molecule has 0 radical (unpaired) electrons. The summed E-state index contributed by atoms with van der Waals surface area (Å²) in [5.41, 5.74) is 7.89. The molecule has 0 amide bonds. The molecule has 0 unspecified atom stereocenters. The Balaban J connectivity index is 2.25. The fraction of sp³-hybridized carbons (Fsp3) is 0. The third kappa shape index (κ3) is 2.21. The molecule has 0 spiro atoms. The van der Waals surface area contributed by atoms with E-state index in [4.69, 9.17) is 10.5 Å². The lowest BCUT2D eigenvalue weighted by molar-refractivity contribution is 0.473. The Labute approximate surface area is 92.9 Å². The lowest BCUT2D eigenvalue weighted by atomic mass is 10.3. The SMILES string of the molecule is Nc1cc(Br)cc(Oc2nncs2)c1. The van der Waals surface area contributed by atoms with Crippen molar-refractivity contribution in [3.05, 3.63) is 28.2 Å². The molecule has 0 fully saturated rings. The van der Waals surface area contributed by atoms with Crippen LogP contribution >= 0.6 is 27.3 Å². The first kappa shape index (κ1) is 9.42. The second-order valence-corrected chi connectivity index (χ2v) is 4.24. The van der Waals surface area contributed by atoms with Gasteiger partial charge in [0.05, 0.1) is 0 Å². The van der Waals surface area contributed by atoms with Gasteiger partial charge in [0.1, 0.15) is 11.3 Å². The standard InChI is InChI=1S/C8H6BrN3OS/c9-5-1-6(10)3-7(2-5)13-8-12-11-4-14-8/h1-4H,10H2. The summed E-state index contributed by atoms with van der Waals surface area (Å²) in [4.78, 5) is 0. The minimum atomic E-state index is 0.502. The van der Waals surface area contributed by atoms with Gasteiger partial charge in [-0.2, -0.15) is 0 Å². The Morgan fingerprint density at radius 1 is 1.36 bits per heavy atom. The van der Waals surface area contributed by atoms with Gasteiger partial charge in [0, 0.05) is 16.2 Å². The fourth-order valence-electron chi connectivity index (χ4n) is 0.952. The molecular formula is C8H6BrN3OS. The molecular weight excluding hydrogens is 266 g/mol. The molecule has 0 aliphatic heterocycles. The number of hydrogen-bond acceptors (Lipinski definition) is 5. The molecule has 1 aromatic heterocycles. The molecule has 2 rings (SSSR count). The molecule has 14 heavy (non-hydrogen) atoms. The minimum Gasteiger partial charge on any atom is -0.430 e. The van der Waals surface area contributed by atoms with Crippen LogP contribution in [0.2, 0.25) is 0 Å². The summed E-state index contributed by atoms with van der Waals surface area (Å²) >= 11 is 4.65. The zero-order valence-electron chi connectivity index (χ0n) is 6.98. The number of benzene rings is 1. The van der Waals surface area contributed by atoms with Crippen LogP contribution in [0, 0.1) is 0 Å². The highest BCUT2D eigenvalue weighted by Crippen LogP contribution is 2.27. The number of nitrogens with two attached hydrogens (primary N) is 1. The number of nitrogen functional groups attached to an aromatic ring is 1. The Hall–Kier alpha value is -1.14. The van der Waals surface area contributed by atoms with E-state index in [-0.39, 0.29) is 0 Å². The summed E-state index contributed by atoms with van der Waals surface area (Å²) in [6.07, 6.45) is 0. The van der Waals surface area contributed by atoms with E-state index in [0.29, 0.717) is 16.6 Å². The van der Waals surface area contributed by atoms with Crippen LogP contribution in [0.3, 0.4) is 0 Å². The first-order valence-electron chi connectivity index (χ1n) is 3.74. The van der Waals surface area contributed by atoms with Gasteiger partial charge >= 0.3 is 0 Å². The van der Waals surface area contributed by atoms with Crippen molar-refractivity contribution < 1.29 is 4.74 Å². The van der Waals surface area contributed by atoms with E-state index in [0.717, 1.165) is 4.47 Å². The van der Waals surface area contributed by atoms with E-state index in [2.05, 4.69) is 26.1 Å². The Morgan fingerprint density at radius 3 is 2.86 bits per heavy atom. The molecule has 0 bridgehead atoms. The van der Waals surface area contributed by atoms with Crippen molar-refractivity contribution in [2.75, 3.05) is 5.73 Å². The van der Waals surface area contributed by atoms with Crippen molar-refractivity contribution in [2.45, 2.75) is 0 Å². The topological polar surface area (TPSA) is 61.0 Å². The molecule has 2 aromatic rings. The average molecular weight is 272 g/mol. The molecule has 0 aliphatic rings. The van der Waals surface area contributed by atoms with E-state index in [9.17, 15) is 0 Å². The Morgan fingerprint density at radius 2 is 2.21 bits per heavy atom. The number of anilines is 1. The molecule has 0 saturated heterocycles. The maximum absolute atomic E-state index is 5.65. The molecule has 4 nitrogen and oxygen atoms in total. The summed E-state index contributed by atoms with van der Waals surface area (Å²) < 4.78 is 6.29. The smallest absolute Gasteiger partial charge is 0.299 e. The summed E-state index contributed by atoms with van der Waals surface area (Å²) in [5, 5.41) is 7.93. The minimum absolute atomic E-state index is 0.502. The number of rotatable bonds is 2. The zero-order chi connectivity index (χ0) is 9.97. The second kappa shape index (κ2) is 3.93. The van der Waals surface area contributed by atoms with E-state index >= 15 is 0 Å². The Bertz CT molecular complexity index is 412. The van der Waals surface area contributed by atoms with E-state index in [1.165, 1.54) is 11.3 Å². The molecule has 2 N–H and O–H groups in total. The number of aromatic nitrogens is 2. The molecule has 0 atom stereocenters. The van der Waals surface area contributed by atoms with Gasteiger partial charge in [0.15, 0.2) is 0 Å². The van der Waals surface area contributed by atoms with E-state index in [1.54, 1.807) is 17.6 Å². The number of ether oxygens (including phenoxy) is 1. The number of hydrogen-bond donors (Lipinski definition) is 1. The van der Waals surface area contributed by atoms with Gasteiger partial charge in [0.2, 0.25) is 0 Å². The maximum Gasteiger partial charge on any atom is 0.299 e. The Kier molecular flexibility index (Phi) is 2.64. The van der Waals surface area contributed by atoms with Crippen LogP contribution < -0.4 is 10.5 Å². The second-order valence-electron chi connectivity index (χ2n) is 2.53. The average Bonchev–Trinajstić information content (AvgIpc) is 2.54. The van der Waals surface area contributed by atoms with Crippen LogP contribution in [0.5, 0.6) is 10.9 Å². The molecule has 0 saturated carbocycles. The van der Waals surface area contributed by atoms with Crippen LogP contribution in [0.1, 0.15) is 0 Å². The number of halogens is 1. The largest absolute Gasteiger partial charge is 0.430 e. The van der Waals surface area contributed by atoms with E-state index in [1.807, 2.05) is 6.07 Å². The molecule has 0 aliphatic carbocycles. The van der Waals surface area contributed by atoms with Crippen LogP contribution in [0.25, 0.3) is 0 Å². The van der Waals surface area contributed by atoms with Gasteiger partial charge < -0.3 is 10.5 Å². The number of nitrogens with zero attached hydrogens (tertiary/aromatic N) is 2. The summed E-state index contributed by atoms with van der Waals surface area (Å²) in [5.74, 6) is 0.647. The molecule has 6 heteroatoms. The highest BCUT2D eigenvalue weighted by molar-refractivity contribution is 9.10. The molecule has 1 heterocycles.